The summed E-state index contributed by atoms with van der Waals surface area (Å²) in [5.74, 6) is -0.0958. The maximum absolute atomic E-state index is 12.4. The molecule has 128 valence electrons. The van der Waals surface area contributed by atoms with Crippen molar-refractivity contribution in [1.29, 1.82) is 0 Å². The zero-order valence-electron chi connectivity index (χ0n) is 14.3. The average Bonchev–Trinajstić information content (AvgIpc) is 2.83. The quantitative estimate of drug-likeness (QED) is 0.821. The van der Waals surface area contributed by atoms with Crippen LogP contribution in [-0.2, 0) is 4.79 Å². The maximum atomic E-state index is 12.4. The van der Waals surface area contributed by atoms with Crippen molar-refractivity contribution >= 4 is 49.9 Å². The van der Waals surface area contributed by atoms with E-state index in [9.17, 15) is 4.79 Å². The highest BCUT2D eigenvalue weighted by atomic mass is 32.1. The summed E-state index contributed by atoms with van der Waals surface area (Å²) in [6.07, 6.45) is 0.931. The molecule has 0 radical (unpaired) electrons. The Morgan fingerprint density at radius 2 is 2.29 bits per heavy atom. The Morgan fingerprint density at radius 1 is 1.54 bits per heavy atom. The van der Waals surface area contributed by atoms with E-state index < -0.39 is 0 Å². The summed E-state index contributed by atoms with van der Waals surface area (Å²) in [7, 11) is 0. The SMILES string of the molecule is Cc1ccc2nc(NC(=O)CN3C(=S)NC(C)(C)C[C@H]3C)sc2c1. The number of carbonyl (C=O) groups excluding carboxylic acids is 1. The molecule has 2 N–H and O–H groups in total. The Bertz CT molecular complexity index is 799. The third-order valence-electron chi connectivity index (χ3n) is 4.15. The van der Waals surface area contributed by atoms with Gasteiger partial charge in [0.2, 0.25) is 5.91 Å². The predicted octanol–water partition coefficient (Wildman–Crippen LogP) is 3.29. The minimum atomic E-state index is -0.0958. The van der Waals surface area contributed by atoms with Crippen LogP contribution in [0.5, 0.6) is 0 Å². The van der Waals surface area contributed by atoms with E-state index in [-0.39, 0.29) is 24.0 Å². The smallest absolute Gasteiger partial charge is 0.245 e. The molecule has 1 aromatic carbocycles. The van der Waals surface area contributed by atoms with Crippen molar-refractivity contribution in [2.45, 2.75) is 45.7 Å². The number of aryl methyl sites for hydroxylation is 1. The lowest BCUT2D eigenvalue weighted by atomic mass is 9.93. The third-order valence-corrected chi connectivity index (χ3v) is 5.42. The molecule has 5 nitrogen and oxygen atoms in total. The van der Waals surface area contributed by atoms with Crippen molar-refractivity contribution in [3.8, 4) is 0 Å². The molecular weight excluding hydrogens is 340 g/mol. The first-order valence-corrected chi connectivity index (χ1v) is 9.22. The number of hydrogen-bond acceptors (Lipinski definition) is 4. The lowest BCUT2D eigenvalue weighted by molar-refractivity contribution is -0.117. The fraction of sp³-hybridized carbons (Fsp3) is 0.471. The topological polar surface area (TPSA) is 57.3 Å². The molecule has 2 heterocycles. The van der Waals surface area contributed by atoms with Crippen LogP contribution in [-0.4, -0.2) is 39.0 Å². The molecule has 1 atom stereocenters. The van der Waals surface area contributed by atoms with Crippen molar-refractivity contribution in [3.05, 3.63) is 23.8 Å². The van der Waals surface area contributed by atoms with Crippen molar-refractivity contribution in [3.63, 3.8) is 0 Å². The largest absolute Gasteiger partial charge is 0.358 e. The van der Waals surface area contributed by atoms with Crippen LogP contribution in [0.2, 0.25) is 0 Å². The van der Waals surface area contributed by atoms with E-state index in [0.717, 1.165) is 16.6 Å². The molecule has 1 amide bonds. The minimum Gasteiger partial charge on any atom is -0.358 e. The molecular formula is C17H22N4OS2. The van der Waals surface area contributed by atoms with Gasteiger partial charge in [-0.3, -0.25) is 4.79 Å². The van der Waals surface area contributed by atoms with Crippen LogP contribution in [0, 0.1) is 6.92 Å². The second-order valence-corrected chi connectivity index (χ2v) is 8.45. The molecule has 1 aliphatic heterocycles. The van der Waals surface area contributed by atoms with Crippen LogP contribution in [0.3, 0.4) is 0 Å². The van der Waals surface area contributed by atoms with Crippen molar-refractivity contribution in [1.82, 2.24) is 15.2 Å². The minimum absolute atomic E-state index is 0.0334. The molecule has 0 spiro atoms. The van der Waals surface area contributed by atoms with Gasteiger partial charge in [0.15, 0.2) is 10.2 Å². The van der Waals surface area contributed by atoms with Gasteiger partial charge in [-0.15, -0.1) is 0 Å². The molecule has 2 aromatic rings. The van der Waals surface area contributed by atoms with Gasteiger partial charge in [0.05, 0.1) is 16.8 Å². The fourth-order valence-electron chi connectivity index (χ4n) is 3.09. The standard InChI is InChI=1S/C17H22N4OS2/c1-10-5-6-12-13(7-10)24-15(18-12)19-14(22)9-21-11(2)8-17(3,4)20-16(21)23/h5-7,11H,8-9H2,1-4H3,(H,20,23)(H,18,19,22)/t11-/m1/s1. The first-order valence-electron chi connectivity index (χ1n) is 7.99. The van der Waals surface area contributed by atoms with Crippen LogP contribution >= 0.6 is 23.6 Å². The van der Waals surface area contributed by atoms with E-state index in [1.165, 1.54) is 16.9 Å². The summed E-state index contributed by atoms with van der Waals surface area (Å²) in [5, 5.41) is 7.46. The van der Waals surface area contributed by atoms with E-state index in [0.29, 0.717) is 10.2 Å². The fourth-order valence-corrected chi connectivity index (χ4v) is 4.59. The van der Waals surface area contributed by atoms with Crippen LogP contribution < -0.4 is 10.6 Å². The summed E-state index contributed by atoms with van der Waals surface area (Å²) in [5.41, 5.74) is 2.06. The average molecular weight is 363 g/mol. The highest BCUT2D eigenvalue weighted by Gasteiger charge is 2.33. The molecule has 0 saturated carbocycles. The second kappa shape index (κ2) is 6.29. The number of anilines is 1. The number of nitrogens with zero attached hydrogens (tertiary/aromatic N) is 2. The van der Waals surface area contributed by atoms with Gasteiger partial charge in [-0.2, -0.15) is 0 Å². The van der Waals surface area contributed by atoms with E-state index in [1.54, 1.807) is 0 Å². The molecule has 0 bridgehead atoms. The number of thiocarbonyl (C=S) groups is 1. The lowest BCUT2D eigenvalue weighted by Crippen LogP contribution is -2.61. The number of carbonyl (C=O) groups is 1. The molecule has 0 aliphatic carbocycles. The number of rotatable bonds is 3. The predicted molar refractivity (Wildman–Crippen MR) is 104 cm³/mol. The Labute approximate surface area is 151 Å². The Kier molecular flexibility index (Phi) is 4.48. The Morgan fingerprint density at radius 3 is 3.00 bits per heavy atom. The van der Waals surface area contributed by atoms with Gasteiger partial charge >= 0.3 is 0 Å². The van der Waals surface area contributed by atoms with Gasteiger partial charge in [0.25, 0.3) is 0 Å². The number of nitrogens with one attached hydrogen (secondary N) is 2. The summed E-state index contributed by atoms with van der Waals surface area (Å²) >= 11 is 6.92. The van der Waals surface area contributed by atoms with Gasteiger partial charge in [0.1, 0.15) is 0 Å². The molecule has 1 saturated heterocycles. The lowest BCUT2D eigenvalue weighted by Gasteiger charge is -2.44. The summed E-state index contributed by atoms with van der Waals surface area (Å²) in [4.78, 5) is 18.8. The summed E-state index contributed by atoms with van der Waals surface area (Å²) < 4.78 is 1.08. The van der Waals surface area contributed by atoms with Crippen LogP contribution in [0.4, 0.5) is 5.13 Å². The number of amides is 1. The first-order chi connectivity index (χ1) is 11.2. The molecule has 7 heteroatoms. The van der Waals surface area contributed by atoms with Crippen LogP contribution in [0.25, 0.3) is 10.2 Å². The number of benzene rings is 1. The Hall–Kier alpha value is -1.73. The van der Waals surface area contributed by atoms with Gasteiger partial charge in [-0.25, -0.2) is 4.98 Å². The highest BCUT2D eigenvalue weighted by Crippen LogP contribution is 2.27. The molecule has 1 aliphatic rings. The first kappa shape index (κ1) is 17.1. The van der Waals surface area contributed by atoms with E-state index in [1.807, 2.05) is 24.0 Å². The van der Waals surface area contributed by atoms with Gasteiger partial charge in [0, 0.05) is 11.6 Å². The van der Waals surface area contributed by atoms with Gasteiger partial charge in [-0.1, -0.05) is 17.4 Å². The number of fused-ring (bicyclic) bond motifs is 1. The Balaban J connectivity index is 1.67. The van der Waals surface area contributed by atoms with E-state index in [2.05, 4.69) is 42.5 Å². The molecule has 1 fully saturated rings. The van der Waals surface area contributed by atoms with Gasteiger partial charge < -0.3 is 15.5 Å². The van der Waals surface area contributed by atoms with Gasteiger partial charge in [-0.05, 0) is 64.0 Å². The highest BCUT2D eigenvalue weighted by molar-refractivity contribution is 7.80. The summed E-state index contributed by atoms with van der Waals surface area (Å²) in [6.45, 7) is 8.62. The molecule has 1 aromatic heterocycles. The number of hydrogen-bond donors (Lipinski definition) is 2. The zero-order valence-corrected chi connectivity index (χ0v) is 16.0. The summed E-state index contributed by atoms with van der Waals surface area (Å²) in [6, 6.07) is 6.30. The second-order valence-electron chi connectivity index (χ2n) is 7.03. The van der Waals surface area contributed by atoms with E-state index in [4.69, 9.17) is 12.2 Å². The molecule has 3 rings (SSSR count). The van der Waals surface area contributed by atoms with Crippen molar-refractivity contribution in [2.75, 3.05) is 11.9 Å². The normalized spacial score (nSPS) is 20.1. The van der Waals surface area contributed by atoms with E-state index >= 15 is 0 Å². The van der Waals surface area contributed by atoms with Crippen LogP contribution in [0.15, 0.2) is 18.2 Å². The number of thiazole rings is 1. The zero-order chi connectivity index (χ0) is 17.5. The van der Waals surface area contributed by atoms with Crippen molar-refractivity contribution in [2.24, 2.45) is 0 Å². The monoisotopic (exact) mass is 362 g/mol. The molecule has 0 unspecified atom stereocenters. The number of aromatic nitrogens is 1. The van der Waals surface area contributed by atoms with Crippen LogP contribution in [0.1, 0.15) is 32.8 Å². The maximum Gasteiger partial charge on any atom is 0.245 e. The molecule has 24 heavy (non-hydrogen) atoms. The van der Waals surface area contributed by atoms with Crippen molar-refractivity contribution < 1.29 is 4.79 Å². The third kappa shape index (κ3) is 3.67.